The summed E-state index contributed by atoms with van der Waals surface area (Å²) in [4.78, 5) is 30.4. The highest BCUT2D eigenvalue weighted by atomic mass is 31.2. The highest BCUT2D eigenvalue weighted by Gasteiger charge is 2.37. The quantitative estimate of drug-likeness (QED) is 0.168. The van der Waals surface area contributed by atoms with Gasteiger partial charge in [0.15, 0.2) is 0 Å². The van der Waals surface area contributed by atoms with Gasteiger partial charge in [0.25, 0.3) is 5.91 Å². The summed E-state index contributed by atoms with van der Waals surface area (Å²) in [5, 5.41) is 6.47. The summed E-state index contributed by atoms with van der Waals surface area (Å²) in [6.45, 7) is 9.76. The molecular weight excluding hydrogens is 585 g/mol. The van der Waals surface area contributed by atoms with Crippen molar-refractivity contribution in [3.8, 4) is 0 Å². The van der Waals surface area contributed by atoms with E-state index in [0.717, 1.165) is 15.9 Å². The lowest BCUT2D eigenvalue weighted by molar-refractivity contribution is -0.128. The molecule has 234 valence electrons. The minimum atomic E-state index is -2.66. The summed E-state index contributed by atoms with van der Waals surface area (Å²) < 4.78 is 5.77. The van der Waals surface area contributed by atoms with Gasteiger partial charge < -0.3 is 10.2 Å². The molecule has 1 atom stereocenters. The van der Waals surface area contributed by atoms with Gasteiger partial charge in [0, 0.05) is 38.6 Å². The van der Waals surface area contributed by atoms with Crippen LogP contribution in [0.25, 0.3) is 0 Å². The van der Waals surface area contributed by atoms with E-state index in [1.54, 1.807) is 17.0 Å². The van der Waals surface area contributed by atoms with E-state index in [2.05, 4.69) is 78.1 Å². The zero-order valence-electron chi connectivity index (χ0n) is 27.2. The number of nitrogens with zero attached hydrogens (tertiary/aromatic N) is 2. The molecule has 5 aromatic carbocycles. The number of rotatable bonds is 9. The van der Waals surface area contributed by atoms with Gasteiger partial charge in [-0.05, 0) is 52.8 Å². The van der Waals surface area contributed by atoms with Crippen molar-refractivity contribution in [1.29, 1.82) is 0 Å². The average molecular weight is 628 g/mol. The second-order valence-electron chi connectivity index (χ2n) is 12.6. The van der Waals surface area contributed by atoms with Gasteiger partial charge in [0.2, 0.25) is 5.91 Å². The summed E-state index contributed by atoms with van der Waals surface area (Å²) >= 11 is 0. The highest BCUT2D eigenvalue weighted by molar-refractivity contribution is 7.87. The molecule has 0 spiro atoms. The van der Waals surface area contributed by atoms with E-state index in [9.17, 15) is 9.59 Å². The van der Waals surface area contributed by atoms with Crippen LogP contribution in [0.2, 0.25) is 0 Å². The van der Waals surface area contributed by atoms with Crippen molar-refractivity contribution in [3.63, 3.8) is 0 Å². The lowest BCUT2D eigenvalue weighted by atomic mass is 9.98. The Kier molecular flexibility index (Phi) is 10.0. The molecule has 5 aromatic rings. The molecule has 0 fully saturated rings. The van der Waals surface area contributed by atoms with Gasteiger partial charge in [0.05, 0.1) is 12.7 Å². The van der Waals surface area contributed by atoms with Crippen LogP contribution in [0, 0.1) is 0 Å². The van der Waals surface area contributed by atoms with Crippen molar-refractivity contribution >= 4 is 40.5 Å². The summed E-state index contributed by atoms with van der Waals surface area (Å²) in [7, 11) is -2.66. The van der Waals surface area contributed by atoms with Gasteiger partial charge >= 0.3 is 0 Å². The molecule has 2 amide bonds. The molecule has 1 unspecified atom stereocenters. The first-order valence-electron chi connectivity index (χ1n) is 15.7. The number of nitrogens with one attached hydrogen (secondary N) is 1. The third-order valence-corrected chi connectivity index (χ3v) is 11.4. The molecule has 0 aromatic heterocycles. The van der Waals surface area contributed by atoms with Crippen molar-refractivity contribution in [2.45, 2.75) is 52.2 Å². The van der Waals surface area contributed by atoms with Gasteiger partial charge in [-0.2, -0.15) is 0 Å². The second kappa shape index (κ2) is 14.1. The zero-order valence-corrected chi connectivity index (χ0v) is 28.1. The zero-order chi connectivity index (χ0) is 32.7. The summed E-state index contributed by atoms with van der Waals surface area (Å²) in [5.74, 6) is -0.467. The maximum absolute atomic E-state index is 14.4. The van der Waals surface area contributed by atoms with Crippen LogP contribution in [-0.2, 0) is 4.79 Å². The molecule has 1 N–H and O–H groups in total. The van der Waals surface area contributed by atoms with Crippen LogP contribution < -0.4 is 21.2 Å². The molecule has 0 aliphatic carbocycles. The average Bonchev–Trinajstić information content (AvgIpc) is 3.06. The minimum absolute atomic E-state index is 0.213. The monoisotopic (exact) mass is 627 g/mol. The van der Waals surface area contributed by atoms with E-state index in [1.165, 1.54) is 0 Å². The molecule has 5 rings (SSSR count). The van der Waals surface area contributed by atoms with Crippen LogP contribution in [0.15, 0.2) is 150 Å². The van der Waals surface area contributed by atoms with E-state index >= 15 is 0 Å². The Morgan fingerprint density at radius 2 is 1.04 bits per heavy atom. The van der Waals surface area contributed by atoms with Crippen molar-refractivity contribution in [2.75, 3.05) is 0 Å². The number of hydrogen-bond acceptors (Lipinski definition) is 3. The Bertz CT molecular complexity index is 1710. The van der Waals surface area contributed by atoms with E-state index in [4.69, 9.17) is 4.74 Å². The Morgan fingerprint density at radius 3 is 1.48 bits per heavy atom. The molecule has 0 saturated heterocycles. The van der Waals surface area contributed by atoms with E-state index < -0.39 is 18.6 Å². The molecular formula is C40H42N3O2P. The number of hydrogen-bond donors (Lipinski definition) is 1. The molecule has 6 heteroatoms. The fraction of sp³-hybridized carbons (Fsp3) is 0.200. The van der Waals surface area contributed by atoms with Crippen LogP contribution in [0.3, 0.4) is 0 Å². The number of carbonyl (C=O) groups is 2. The fourth-order valence-corrected chi connectivity index (χ4v) is 9.32. The van der Waals surface area contributed by atoms with Crippen LogP contribution in [0.5, 0.6) is 0 Å². The van der Waals surface area contributed by atoms with E-state index in [0.29, 0.717) is 16.8 Å². The number of carbonyl (C=O) groups excluding carboxylic acids is 2. The molecule has 0 saturated carbocycles. The maximum Gasteiger partial charge on any atom is 0.255 e. The highest BCUT2D eigenvalue weighted by Crippen LogP contribution is 2.50. The first-order chi connectivity index (χ1) is 22.1. The molecule has 5 nitrogen and oxygen atoms in total. The normalized spacial score (nSPS) is 12.3. The van der Waals surface area contributed by atoms with Crippen LogP contribution in [0.1, 0.15) is 56.6 Å². The predicted molar refractivity (Wildman–Crippen MR) is 192 cm³/mol. The van der Waals surface area contributed by atoms with Crippen LogP contribution in [0.4, 0.5) is 5.69 Å². The summed E-state index contributed by atoms with van der Waals surface area (Å²) in [6, 6.07) is 47.0. The fourth-order valence-electron chi connectivity index (χ4n) is 5.76. The minimum Gasteiger partial charge on any atom is -0.349 e. The van der Waals surface area contributed by atoms with Crippen LogP contribution in [-0.4, -0.2) is 28.3 Å². The van der Waals surface area contributed by atoms with E-state index in [1.807, 2.05) is 95.3 Å². The summed E-state index contributed by atoms with van der Waals surface area (Å²) in [6.07, 6.45) is 0. The van der Waals surface area contributed by atoms with Gasteiger partial charge in [-0.3, -0.25) is 14.3 Å². The van der Waals surface area contributed by atoms with Gasteiger partial charge in [0.1, 0.15) is 6.04 Å². The Labute approximate surface area is 273 Å². The number of benzene rings is 5. The Morgan fingerprint density at radius 1 is 0.630 bits per heavy atom. The number of amides is 2. The van der Waals surface area contributed by atoms with Crippen molar-refractivity contribution in [3.05, 3.63) is 157 Å². The molecule has 46 heavy (non-hydrogen) atoms. The third kappa shape index (κ3) is 7.06. The molecule has 0 aliphatic rings. The SMILES string of the molecule is CC(C)N(C(=O)c1ccccc1)C(C(=O)NC(C)(C)C)c1ccccc1N=P(c1ccccc1)(c1ccccc1)c1ccccc1. The first kappa shape index (κ1) is 32.7. The Balaban J connectivity index is 1.85. The second-order valence-corrected chi connectivity index (χ2v) is 15.6. The largest absolute Gasteiger partial charge is 0.349 e. The molecule has 0 heterocycles. The summed E-state index contributed by atoms with van der Waals surface area (Å²) in [5.41, 5.74) is 1.36. The predicted octanol–water partition coefficient (Wildman–Crippen LogP) is 8.00. The lowest BCUT2D eigenvalue weighted by Gasteiger charge is -2.37. The third-order valence-electron chi connectivity index (χ3n) is 7.71. The van der Waals surface area contributed by atoms with Crippen molar-refractivity contribution in [1.82, 2.24) is 10.2 Å². The topological polar surface area (TPSA) is 61.8 Å². The van der Waals surface area contributed by atoms with Gasteiger partial charge in [-0.1, -0.05) is 127 Å². The van der Waals surface area contributed by atoms with Gasteiger partial charge in [-0.25, -0.2) is 0 Å². The van der Waals surface area contributed by atoms with Crippen LogP contribution >= 0.6 is 7.05 Å². The van der Waals surface area contributed by atoms with Gasteiger partial charge in [-0.15, -0.1) is 0 Å². The smallest absolute Gasteiger partial charge is 0.255 e. The molecule has 0 bridgehead atoms. The molecule has 0 radical (unpaired) electrons. The van der Waals surface area contributed by atoms with Crippen molar-refractivity contribution in [2.24, 2.45) is 4.74 Å². The lowest BCUT2D eigenvalue weighted by Crippen LogP contribution is -2.51. The maximum atomic E-state index is 14.4. The van der Waals surface area contributed by atoms with E-state index in [-0.39, 0.29) is 17.9 Å². The first-order valence-corrected chi connectivity index (χ1v) is 17.4. The Hall–Kier alpha value is -4.73. The van der Waals surface area contributed by atoms with Crippen molar-refractivity contribution < 1.29 is 9.59 Å². The standard InChI is InChI=1S/C40H42N3O2P/c1-30(2)43(39(45)31-20-10-6-11-21-31)37(38(44)41-40(3,4)5)35-28-18-19-29-36(35)42-46(32-22-12-7-13-23-32,33-24-14-8-15-25-33)34-26-16-9-17-27-34/h6-30,37H,1-5H3,(H,41,44). The molecule has 0 aliphatic heterocycles.